The standard InChI is InChI=1S/C25H33N3O2/c1-2-30-23-12-10-21(11-13-23)20-28-19-18-27(17-16-26-14-6-7-15-26)25(29)24(28)22-8-4-3-5-9-22/h3-5,8-13,24H,2,6-7,14-20H2,1H3. The maximum atomic E-state index is 13.5. The third-order valence-electron chi connectivity index (χ3n) is 6.19. The van der Waals surface area contributed by atoms with E-state index < -0.39 is 0 Å². The minimum Gasteiger partial charge on any atom is -0.494 e. The molecule has 4 rings (SSSR count). The number of likely N-dealkylation sites (tertiary alicyclic amines) is 1. The summed E-state index contributed by atoms with van der Waals surface area (Å²) in [4.78, 5) is 20.4. The summed E-state index contributed by atoms with van der Waals surface area (Å²) < 4.78 is 5.56. The number of hydrogen-bond donors (Lipinski definition) is 0. The average molecular weight is 408 g/mol. The quantitative estimate of drug-likeness (QED) is 0.670. The van der Waals surface area contributed by atoms with Gasteiger partial charge in [0, 0.05) is 32.7 Å². The normalized spacial score (nSPS) is 20.6. The fraction of sp³-hybridized carbons (Fsp3) is 0.480. The first-order valence-corrected chi connectivity index (χ1v) is 11.3. The van der Waals surface area contributed by atoms with E-state index in [0.29, 0.717) is 6.61 Å². The number of hydrogen-bond acceptors (Lipinski definition) is 4. The van der Waals surface area contributed by atoms with Crippen molar-refractivity contribution in [1.82, 2.24) is 14.7 Å². The van der Waals surface area contributed by atoms with Crippen molar-refractivity contribution in [3.8, 4) is 5.75 Å². The largest absolute Gasteiger partial charge is 0.494 e. The second kappa shape index (κ2) is 10.1. The predicted octanol–water partition coefficient (Wildman–Crippen LogP) is 3.57. The summed E-state index contributed by atoms with van der Waals surface area (Å²) in [7, 11) is 0. The Bertz CT molecular complexity index is 803. The first-order valence-electron chi connectivity index (χ1n) is 11.3. The molecular formula is C25H33N3O2. The van der Waals surface area contributed by atoms with Gasteiger partial charge in [0.15, 0.2) is 0 Å². The van der Waals surface area contributed by atoms with Crippen molar-refractivity contribution >= 4 is 5.91 Å². The zero-order valence-electron chi connectivity index (χ0n) is 18.0. The van der Waals surface area contributed by atoms with Crippen LogP contribution in [0.4, 0.5) is 0 Å². The van der Waals surface area contributed by atoms with Crippen LogP contribution in [0.3, 0.4) is 0 Å². The zero-order valence-corrected chi connectivity index (χ0v) is 18.0. The van der Waals surface area contributed by atoms with E-state index in [2.05, 4.69) is 39.0 Å². The number of ether oxygens (including phenoxy) is 1. The Morgan fingerprint density at radius 1 is 0.900 bits per heavy atom. The Kier molecular flexibility index (Phi) is 7.03. The number of amides is 1. The summed E-state index contributed by atoms with van der Waals surface area (Å²) in [5.41, 5.74) is 2.29. The molecule has 5 heteroatoms. The lowest BCUT2D eigenvalue weighted by Crippen LogP contribution is -2.53. The van der Waals surface area contributed by atoms with Gasteiger partial charge in [0.05, 0.1) is 6.61 Å². The van der Waals surface area contributed by atoms with Crippen LogP contribution in [-0.4, -0.2) is 66.5 Å². The van der Waals surface area contributed by atoms with E-state index in [1.54, 1.807) is 0 Å². The summed E-state index contributed by atoms with van der Waals surface area (Å²) in [5.74, 6) is 1.13. The molecule has 2 heterocycles. The van der Waals surface area contributed by atoms with Crippen LogP contribution < -0.4 is 4.74 Å². The van der Waals surface area contributed by atoms with Crippen LogP contribution in [0, 0.1) is 0 Å². The van der Waals surface area contributed by atoms with Gasteiger partial charge in [-0.25, -0.2) is 0 Å². The Hall–Kier alpha value is -2.37. The molecule has 0 saturated carbocycles. The second-order valence-corrected chi connectivity index (χ2v) is 8.23. The van der Waals surface area contributed by atoms with Crippen molar-refractivity contribution in [2.24, 2.45) is 0 Å². The molecule has 1 unspecified atom stereocenters. The molecule has 0 bridgehead atoms. The second-order valence-electron chi connectivity index (χ2n) is 8.23. The van der Waals surface area contributed by atoms with Crippen molar-refractivity contribution < 1.29 is 9.53 Å². The van der Waals surface area contributed by atoms with E-state index in [4.69, 9.17) is 4.74 Å². The highest BCUT2D eigenvalue weighted by Gasteiger charge is 2.35. The van der Waals surface area contributed by atoms with Crippen molar-refractivity contribution in [3.63, 3.8) is 0 Å². The van der Waals surface area contributed by atoms with E-state index >= 15 is 0 Å². The number of benzene rings is 2. The molecule has 2 aromatic rings. The first kappa shape index (κ1) is 20.9. The molecule has 0 N–H and O–H groups in total. The van der Waals surface area contributed by atoms with Gasteiger partial charge in [0.2, 0.25) is 5.91 Å². The van der Waals surface area contributed by atoms with Crippen molar-refractivity contribution in [2.45, 2.75) is 32.4 Å². The molecular weight excluding hydrogens is 374 g/mol. The minimum absolute atomic E-state index is 0.218. The lowest BCUT2D eigenvalue weighted by atomic mass is 10.0. The lowest BCUT2D eigenvalue weighted by Gasteiger charge is -2.41. The molecule has 0 spiro atoms. The average Bonchev–Trinajstić information content (AvgIpc) is 3.29. The summed E-state index contributed by atoms with van der Waals surface area (Å²) >= 11 is 0. The molecule has 5 nitrogen and oxygen atoms in total. The third-order valence-corrected chi connectivity index (χ3v) is 6.19. The van der Waals surface area contributed by atoms with Gasteiger partial charge >= 0.3 is 0 Å². The molecule has 1 atom stereocenters. The number of carbonyl (C=O) groups excluding carboxylic acids is 1. The monoisotopic (exact) mass is 407 g/mol. The molecule has 2 aliphatic rings. The van der Waals surface area contributed by atoms with E-state index in [1.165, 1.54) is 31.5 Å². The van der Waals surface area contributed by atoms with Crippen LogP contribution in [-0.2, 0) is 11.3 Å². The van der Waals surface area contributed by atoms with Gasteiger partial charge < -0.3 is 14.5 Å². The molecule has 30 heavy (non-hydrogen) atoms. The van der Waals surface area contributed by atoms with Crippen LogP contribution in [0.2, 0.25) is 0 Å². The van der Waals surface area contributed by atoms with Gasteiger partial charge in [-0.05, 0) is 56.1 Å². The Balaban J connectivity index is 1.47. The van der Waals surface area contributed by atoms with Gasteiger partial charge in [-0.1, -0.05) is 42.5 Å². The van der Waals surface area contributed by atoms with Crippen molar-refractivity contribution in [1.29, 1.82) is 0 Å². The molecule has 2 aliphatic heterocycles. The fourth-order valence-electron chi connectivity index (χ4n) is 4.56. The van der Waals surface area contributed by atoms with Crippen LogP contribution in [0.5, 0.6) is 5.75 Å². The maximum absolute atomic E-state index is 13.5. The lowest BCUT2D eigenvalue weighted by molar-refractivity contribution is -0.142. The van der Waals surface area contributed by atoms with Crippen LogP contribution in [0.1, 0.15) is 36.9 Å². The molecule has 0 aromatic heterocycles. The predicted molar refractivity (Wildman–Crippen MR) is 119 cm³/mol. The van der Waals surface area contributed by atoms with Crippen molar-refractivity contribution in [2.75, 3.05) is 45.9 Å². The van der Waals surface area contributed by atoms with Gasteiger partial charge in [-0.2, -0.15) is 0 Å². The summed E-state index contributed by atoms with van der Waals surface area (Å²) in [6.07, 6.45) is 2.58. The highest BCUT2D eigenvalue weighted by atomic mass is 16.5. The molecule has 2 saturated heterocycles. The van der Waals surface area contributed by atoms with Crippen molar-refractivity contribution in [3.05, 3.63) is 65.7 Å². The highest BCUT2D eigenvalue weighted by molar-refractivity contribution is 5.84. The van der Waals surface area contributed by atoms with Crippen LogP contribution in [0.15, 0.2) is 54.6 Å². The van der Waals surface area contributed by atoms with Gasteiger partial charge in [-0.15, -0.1) is 0 Å². The smallest absolute Gasteiger partial charge is 0.244 e. The Labute approximate surface area is 180 Å². The van der Waals surface area contributed by atoms with Gasteiger partial charge in [0.25, 0.3) is 0 Å². The van der Waals surface area contributed by atoms with E-state index in [1.807, 2.05) is 37.3 Å². The first-order chi connectivity index (χ1) is 14.7. The third kappa shape index (κ3) is 5.02. The Morgan fingerprint density at radius 2 is 1.63 bits per heavy atom. The number of nitrogens with zero attached hydrogens (tertiary/aromatic N) is 3. The maximum Gasteiger partial charge on any atom is 0.244 e. The summed E-state index contributed by atoms with van der Waals surface area (Å²) in [6.45, 7) is 9.28. The Morgan fingerprint density at radius 3 is 2.33 bits per heavy atom. The number of piperazine rings is 1. The van der Waals surface area contributed by atoms with Crippen LogP contribution in [0.25, 0.3) is 0 Å². The SMILES string of the molecule is CCOc1ccc(CN2CCN(CCN3CCCC3)C(=O)C2c2ccccc2)cc1. The van der Waals surface area contributed by atoms with E-state index in [9.17, 15) is 4.79 Å². The fourth-order valence-corrected chi connectivity index (χ4v) is 4.56. The van der Waals surface area contributed by atoms with Gasteiger partial charge in [-0.3, -0.25) is 9.69 Å². The molecule has 2 aromatic carbocycles. The van der Waals surface area contributed by atoms with E-state index in [-0.39, 0.29) is 11.9 Å². The molecule has 160 valence electrons. The van der Waals surface area contributed by atoms with Gasteiger partial charge in [0.1, 0.15) is 11.8 Å². The molecule has 0 radical (unpaired) electrons. The van der Waals surface area contributed by atoms with Crippen LogP contribution >= 0.6 is 0 Å². The minimum atomic E-state index is -0.218. The summed E-state index contributed by atoms with van der Waals surface area (Å²) in [6, 6.07) is 18.3. The number of carbonyl (C=O) groups is 1. The molecule has 2 fully saturated rings. The topological polar surface area (TPSA) is 36.0 Å². The number of rotatable bonds is 8. The molecule has 1 amide bonds. The highest BCUT2D eigenvalue weighted by Crippen LogP contribution is 2.29. The molecule has 0 aliphatic carbocycles. The van der Waals surface area contributed by atoms with E-state index in [0.717, 1.165) is 44.0 Å². The summed E-state index contributed by atoms with van der Waals surface area (Å²) in [5, 5.41) is 0. The zero-order chi connectivity index (χ0) is 20.8.